The van der Waals surface area contributed by atoms with Crippen molar-refractivity contribution in [2.45, 2.75) is 38.5 Å². The summed E-state index contributed by atoms with van der Waals surface area (Å²) in [6.07, 6.45) is 0. The summed E-state index contributed by atoms with van der Waals surface area (Å²) in [6.45, 7) is 9.27. The zero-order valence-electron chi connectivity index (χ0n) is 58.9. The zero-order chi connectivity index (χ0) is 71.5. The van der Waals surface area contributed by atoms with Crippen LogP contribution in [0.3, 0.4) is 0 Å². The molecular formula is C98H70BBrN2O4. The average molecular weight is 1430 g/mol. The Bertz CT molecular complexity index is 6520. The molecule has 8 heteroatoms. The summed E-state index contributed by atoms with van der Waals surface area (Å²) in [5.74, 6) is 0. The normalized spacial score (nSPS) is 13.0. The molecule has 0 radical (unpaired) electrons. The molecule has 0 saturated carbocycles. The summed E-state index contributed by atoms with van der Waals surface area (Å²) in [5.41, 5.74) is 28.4. The van der Waals surface area contributed by atoms with E-state index in [4.69, 9.17) is 8.83 Å². The first-order chi connectivity index (χ1) is 51.8. The minimum absolute atomic E-state index is 0.0819. The van der Waals surface area contributed by atoms with E-state index in [-0.39, 0.29) is 10.8 Å². The molecule has 0 saturated heterocycles. The number of para-hydroxylation sites is 2. The predicted octanol–water partition coefficient (Wildman–Crippen LogP) is 26.1. The summed E-state index contributed by atoms with van der Waals surface area (Å²) in [5, 5.41) is 29.5. The van der Waals surface area contributed by atoms with Crippen molar-refractivity contribution < 1.29 is 18.9 Å². The second-order valence-corrected chi connectivity index (χ2v) is 29.8. The van der Waals surface area contributed by atoms with Crippen LogP contribution in [-0.2, 0) is 10.8 Å². The fourth-order valence-electron chi connectivity index (χ4n) is 17.1. The predicted molar refractivity (Wildman–Crippen MR) is 446 cm³/mol. The number of furan rings is 2. The number of nitrogens with zero attached hydrogens (tertiary/aromatic N) is 2. The third kappa shape index (κ3) is 10.5. The lowest BCUT2D eigenvalue weighted by Gasteiger charge is -2.28. The van der Waals surface area contributed by atoms with Gasteiger partial charge in [0.05, 0.1) is 22.7 Å². The molecule has 2 aliphatic carbocycles. The smallest absolute Gasteiger partial charge is 0.453 e. The minimum Gasteiger partial charge on any atom is -0.453 e. The fraction of sp³-hybridized carbons (Fsp3) is 0.0612. The van der Waals surface area contributed by atoms with Gasteiger partial charge in [-0.1, -0.05) is 311 Å². The van der Waals surface area contributed by atoms with Gasteiger partial charge in [-0.3, -0.25) is 0 Å². The Morgan fingerprint density at radius 1 is 0.283 bits per heavy atom. The first-order valence-electron chi connectivity index (χ1n) is 36.2. The molecule has 2 aromatic heterocycles. The molecule has 0 bridgehead atoms. The van der Waals surface area contributed by atoms with Crippen molar-refractivity contribution in [2.24, 2.45) is 0 Å². The van der Waals surface area contributed by atoms with Crippen molar-refractivity contribution in [3.05, 3.63) is 366 Å². The number of halogens is 1. The Kier molecular flexibility index (Phi) is 15.6. The lowest BCUT2D eigenvalue weighted by molar-refractivity contribution is 0.426. The largest absolute Gasteiger partial charge is 0.489 e. The van der Waals surface area contributed by atoms with Gasteiger partial charge in [-0.25, -0.2) is 0 Å². The highest BCUT2D eigenvalue weighted by molar-refractivity contribution is 9.10. The van der Waals surface area contributed by atoms with E-state index in [9.17, 15) is 10.0 Å². The van der Waals surface area contributed by atoms with E-state index in [0.29, 0.717) is 22.0 Å². The van der Waals surface area contributed by atoms with E-state index < -0.39 is 7.12 Å². The Balaban J connectivity index is 0.000000145. The highest BCUT2D eigenvalue weighted by Gasteiger charge is 2.38. The van der Waals surface area contributed by atoms with Crippen LogP contribution in [0, 0.1) is 0 Å². The van der Waals surface area contributed by atoms with Gasteiger partial charge >= 0.3 is 7.12 Å². The maximum atomic E-state index is 10.6. The van der Waals surface area contributed by atoms with Gasteiger partial charge in [-0.2, -0.15) is 0 Å². The average Bonchev–Trinajstić information content (AvgIpc) is 1.58. The van der Waals surface area contributed by atoms with E-state index >= 15 is 0 Å². The van der Waals surface area contributed by atoms with Crippen LogP contribution in [-0.4, -0.2) is 17.2 Å². The third-order valence-electron chi connectivity index (χ3n) is 22.2. The molecular weight excluding hydrogens is 1360 g/mol. The molecule has 2 N–H and O–H groups in total. The first kappa shape index (κ1) is 64.5. The molecule has 0 unspecified atom stereocenters. The van der Waals surface area contributed by atoms with Crippen molar-refractivity contribution >= 4 is 128 Å². The summed E-state index contributed by atoms with van der Waals surface area (Å²) < 4.78 is 15.1. The molecule has 2 aliphatic rings. The van der Waals surface area contributed by atoms with Gasteiger partial charge in [0, 0.05) is 70.1 Å². The first-order valence-corrected chi connectivity index (χ1v) is 37.0. The molecule has 0 spiro atoms. The van der Waals surface area contributed by atoms with E-state index in [0.717, 1.165) is 105 Å². The van der Waals surface area contributed by atoms with Crippen LogP contribution in [0.25, 0.3) is 132 Å². The van der Waals surface area contributed by atoms with Crippen LogP contribution in [0.15, 0.2) is 353 Å². The van der Waals surface area contributed by atoms with Crippen molar-refractivity contribution in [1.29, 1.82) is 0 Å². The highest BCUT2D eigenvalue weighted by atomic mass is 79.9. The van der Waals surface area contributed by atoms with Crippen LogP contribution in [0.2, 0.25) is 0 Å². The number of benzene rings is 16. The molecule has 6 nitrogen and oxygen atoms in total. The third-order valence-corrected chi connectivity index (χ3v) is 22.9. The van der Waals surface area contributed by atoms with Gasteiger partial charge in [0.1, 0.15) is 11.2 Å². The molecule has 0 atom stereocenters. The second kappa shape index (κ2) is 25.5. The lowest BCUT2D eigenvalue weighted by Crippen LogP contribution is -2.30. The van der Waals surface area contributed by atoms with Gasteiger partial charge < -0.3 is 28.7 Å². The maximum absolute atomic E-state index is 10.6. The van der Waals surface area contributed by atoms with Crippen LogP contribution < -0.4 is 15.3 Å². The topological polar surface area (TPSA) is 73.2 Å². The summed E-state index contributed by atoms with van der Waals surface area (Å²) in [4.78, 5) is 4.71. The SMILES string of the molecule is CC1(C)c2ccccc2-c2cc(N(c3cccc4cc(-c5ccccc5)ccc34)c3cccc4c3oc3c(-c5ccccc5)ccc(B(O)O)c34)ccc21.CC1(C)c2ccccc2-c2cc(N(c3cccc4cc(-c5ccccc5)ccc34)c3cccc4c3oc3c(-c5ccccc5)ccc(Br)c34)ccc21. The van der Waals surface area contributed by atoms with Gasteiger partial charge in [-0.05, 0) is 167 Å². The number of fused-ring (bicyclic) bond motifs is 14. The summed E-state index contributed by atoms with van der Waals surface area (Å²) in [7, 11) is -1.67. The second-order valence-electron chi connectivity index (χ2n) is 29.0. The van der Waals surface area contributed by atoms with Crippen molar-refractivity contribution in [2.75, 3.05) is 9.80 Å². The van der Waals surface area contributed by atoms with E-state index in [1.54, 1.807) is 6.07 Å². The molecule has 106 heavy (non-hydrogen) atoms. The molecule has 506 valence electrons. The van der Waals surface area contributed by atoms with Crippen LogP contribution >= 0.6 is 15.9 Å². The Morgan fingerprint density at radius 3 is 1.13 bits per heavy atom. The van der Waals surface area contributed by atoms with Crippen LogP contribution in [0.1, 0.15) is 49.9 Å². The molecule has 18 aromatic rings. The Labute approximate surface area is 624 Å². The Morgan fingerprint density at radius 2 is 0.670 bits per heavy atom. The molecule has 2 heterocycles. The van der Waals surface area contributed by atoms with Crippen molar-refractivity contribution in [3.8, 4) is 66.8 Å². The monoisotopic (exact) mass is 1430 g/mol. The van der Waals surface area contributed by atoms with Crippen LogP contribution in [0.5, 0.6) is 0 Å². The van der Waals surface area contributed by atoms with E-state index in [1.165, 1.54) is 72.0 Å². The van der Waals surface area contributed by atoms with Gasteiger partial charge in [0.15, 0.2) is 11.2 Å². The number of anilines is 6. The quantitative estimate of drug-likeness (QED) is 0.126. The standard InChI is InChI=1S/C49H36BNO3.C49H34BrNO/c1-49(2)41-20-10-9-18-38(41)40-30-35(24-27-42(40)49)51(44-21-11-17-34-29-33(23-25-36(34)44)31-13-5-3-6-14-31)45-22-12-19-39-46-43(50(52)53)28-26-37(48(46)54-47(39)45)32-15-7-4-8-16-32;1-49(2)41-20-10-9-18-38(41)40-30-35(24-27-42(40)49)51(44-21-11-17-34-29-33(23-25-36(34)44)31-13-5-3-6-14-31)45-22-12-19-39-46-43(50)28-26-37(48(46)52-47(39)45)32-15-7-4-8-16-32/h3-30,52-53H,1-2H3;3-30H,1-2H3. The van der Waals surface area contributed by atoms with Gasteiger partial charge in [-0.15, -0.1) is 0 Å². The maximum Gasteiger partial charge on any atom is 0.489 e. The van der Waals surface area contributed by atoms with E-state index in [1.807, 2.05) is 54.6 Å². The molecule has 16 aromatic carbocycles. The van der Waals surface area contributed by atoms with Crippen molar-refractivity contribution in [3.63, 3.8) is 0 Å². The summed E-state index contributed by atoms with van der Waals surface area (Å²) in [6, 6.07) is 120. The van der Waals surface area contributed by atoms with Crippen molar-refractivity contribution in [1.82, 2.24) is 0 Å². The molecule has 0 fully saturated rings. The number of rotatable bonds is 11. The number of hydrogen-bond donors (Lipinski definition) is 2. The van der Waals surface area contributed by atoms with Crippen LogP contribution in [0.4, 0.5) is 34.1 Å². The highest BCUT2D eigenvalue weighted by Crippen LogP contribution is 2.55. The molecule has 0 amide bonds. The van der Waals surface area contributed by atoms with Gasteiger partial charge in [0.2, 0.25) is 0 Å². The van der Waals surface area contributed by atoms with E-state index in [2.05, 4.69) is 332 Å². The fourth-order valence-corrected chi connectivity index (χ4v) is 17.6. The number of hydrogen-bond acceptors (Lipinski definition) is 6. The zero-order valence-corrected chi connectivity index (χ0v) is 60.5. The lowest BCUT2D eigenvalue weighted by atomic mass is 9.76. The molecule has 20 rings (SSSR count). The summed E-state index contributed by atoms with van der Waals surface area (Å²) >= 11 is 3.90. The Hall–Kier alpha value is -12.3. The molecule has 0 aliphatic heterocycles. The minimum atomic E-state index is -1.67. The van der Waals surface area contributed by atoms with Gasteiger partial charge in [0.25, 0.3) is 0 Å².